The van der Waals surface area contributed by atoms with E-state index in [1.165, 1.54) is 35.7 Å². The molecule has 1 nitrogen and oxygen atoms in total. The third kappa shape index (κ3) is 2.79. The fourth-order valence-corrected chi connectivity index (χ4v) is 4.04. The highest BCUT2D eigenvalue weighted by Crippen LogP contribution is 2.38. The van der Waals surface area contributed by atoms with Crippen molar-refractivity contribution in [2.75, 3.05) is 0 Å². The van der Waals surface area contributed by atoms with Gasteiger partial charge in [0.25, 0.3) is 0 Å². The van der Waals surface area contributed by atoms with Gasteiger partial charge in [0.2, 0.25) is 0 Å². The predicted molar refractivity (Wildman–Crippen MR) is 90.7 cm³/mol. The Hall–Kier alpha value is -1.12. The highest BCUT2D eigenvalue weighted by Gasteiger charge is 2.33. The van der Waals surface area contributed by atoms with Gasteiger partial charge in [-0.1, -0.05) is 52.3 Å². The van der Waals surface area contributed by atoms with Crippen LogP contribution in [0.5, 0.6) is 0 Å². The lowest BCUT2D eigenvalue weighted by atomic mass is 9.75. The molecule has 2 aliphatic carbocycles. The van der Waals surface area contributed by atoms with Crippen LogP contribution in [0.3, 0.4) is 0 Å². The Balaban J connectivity index is 1.31. The Labute approximate surface area is 134 Å². The number of benzene rings is 2. The van der Waals surface area contributed by atoms with Gasteiger partial charge in [0.1, 0.15) is 0 Å². The zero-order valence-corrected chi connectivity index (χ0v) is 13.6. The number of hydrogen-bond acceptors (Lipinski definition) is 1. The lowest BCUT2D eigenvalue weighted by molar-refractivity contribution is 0.266. The Bertz CT molecular complexity index is 603. The molecule has 2 heteroatoms. The first kappa shape index (κ1) is 13.5. The smallest absolute Gasteiger partial charge is 0.0175 e. The molecule has 1 saturated carbocycles. The van der Waals surface area contributed by atoms with Crippen molar-refractivity contribution in [2.24, 2.45) is 0 Å². The minimum atomic E-state index is 0.651. The van der Waals surface area contributed by atoms with E-state index < -0.39 is 0 Å². The van der Waals surface area contributed by atoms with Crippen LogP contribution in [-0.2, 0) is 12.8 Å². The molecule has 1 fully saturated rings. The molecular formula is C19H20BrN. The molecule has 0 aromatic heterocycles. The maximum absolute atomic E-state index is 3.86. The second-order valence-electron chi connectivity index (χ2n) is 6.46. The molecule has 4 rings (SSSR count). The first-order valence-electron chi connectivity index (χ1n) is 7.86. The standard InChI is InChI=1S/C19H20BrN/c20-17-7-5-13(6-8-17)16-11-19(12-16)21-18-9-14-3-1-2-4-15(14)10-18/h1-8,16,18-19,21H,9-12H2. The lowest BCUT2D eigenvalue weighted by Crippen LogP contribution is -2.45. The third-order valence-corrected chi connectivity index (χ3v) is 5.53. The zero-order chi connectivity index (χ0) is 14.2. The van der Waals surface area contributed by atoms with Crippen molar-refractivity contribution in [3.8, 4) is 0 Å². The van der Waals surface area contributed by atoms with E-state index >= 15 is 0 Å². The Morgan fingerprint density at radius 1 is 0.810 bits per heavy atom. The van der Waals surface area contributed by atoms with Crippen LogP contribution >= 0.6 is 15.9 Å². The van der Waals surface area contributed by atoms with Gasteiger partial charge in [0, 0.05) is 16.6 Å². The number of halogens is 1. The average molecular weight is 342 g/mol. The maximum atomic E-state index is 3.86. The summed E-state index contributed by atoms with van der Waals surface area (Å²) in [7, 11) is 0. The van der Waals surface area contributed by atoms with Crippen molar-refractivity contribution < 1.29 is 0 Å². The monoisotopic (exact) mass is 341 g/mol. The van der Waals surface area contributed by atoms with Crippen molar-refractivity contribution in [1.82, 2.24) is 5.32 Å². The second-order valence-corrected chi connectivity index (χ2v) is 7.37. The van der Waals surface area contributed by atoms with Crippen molar-refractivity contribution >= 4 is 15.9 Å². The van der Waals surface area contributed by atoms with Crippen LogP contribution in [0.1, 0.15) is 35.4 Å². The van der Waals surface area contributed by atoms with Gasteiger partial charge in [-0.25, -0.2) is 0 Å². The van der Waals surface area contributed by atoms with Gasteiger partial charge in [-0.05, 0) is 60.4 Å². The molecule has 2 aliphatic rings. The number of fused-ring (bicyclic) bond motifs is 1. The molecular weight excluding hydrogens is 322 g/mol. The van der Waals surface area contributed by atoms with Crippen LogP contribution in [0.15, 0.2) is 53.0 Å². The number of hydrogen-bond donors (Lipinski definition) is 1. The number of rotatable bonds is 3. The molecule has 2 aromatic rings. The van der Waals surface area contributed by atoms with E-state index in [2.05, 4.69) is 69.8 Å². The molecule has 0 aliphatic heterocycles. The van der Waals surface area contributed by atoms with Crippen LogP contribution in [0, 0.1) is 0 Å². The molecule has 0 radical (unpaired) electrons. The minimum absolute atomic E-state index is 0.651. The molecule has 0 bridgehead atoms. The summed E-state index contributed by atoms with van der Waals surface area (Å²) in [5.74, 6) is 0.749. The van der Waals surface area contributed by atoms with Gasteiger partial charge >= 0.3 is 0 Å². The van der Waals surface area contributed by atoms with Gasteiger partial charge in [0.15, 0.2) is 0 Å². The van der Waals surface area contributed by atoms with Crippen LogP contribution in [0.4, 0.5) is 0 Å². The number of nitrogens with one attached hydrogen (secondary N) is 1. The van der Waals surface area contributed by atoms with Crippen LogP contribution in [-0.4, -0.2) is 12.1 Å². The van der Waals surface area contributed by atoms with E-state index in [0.717, 1.165) is 5.92 Å². The molecule has 0 spiro atoms. The Morgan fingerprint density at radius 3 is 2.05 bits per heavy atom. The molecule has 2 aromatic carbocycles. The fraction of sp³-hybridized carbons (Fsp3) is 0.368. The van der Waals surface area contributed by atoms with E-state index in [-0.39, 0.29) is 0 Å². The average Bonchev–Trinajstić information content (AvgIpc) is 2.86. The first-order valence-corrected chi connectivity index (χ1v) is 8.65. The molecule has 0 heterocycles. The van der Waals surface area contributed by atoms with Crippen molar-refractivity contribution in [2.45, 2.75) is 43.7 Å². The summed E-state index contributed by atoms with van der Waals surface area (Å²) in [6, 6.07) is 19.1. The van der Waals surface area contributed by atoms with Crippen LogP contribution in [0.2, 0.25) is 0 Å². The zero-order valence-electron chi connectivity index (χ0n) is 12.1. The summed E-state index contributed by atoms with van der Waals surface area (Å²) in [4.78, 5) is 0. The summed E-state index contributed by atoms with van der Waals surface area (Å²) >= 11 is 3.51. The molecule has 0 saturated heterocycles. The molecule has 0 unspecified atom stereocenters. The molecule has 0 atom stereocenters. The predicted octanol–water partition coefficient (Wildman–Crippen LogP) is 4.45. The summed E-state index contributed by atoms with van der Waals surface area (Å²) in [6.45, 7) is 0. The largest absolute Gasteiger partial charge is 0.311 e. The summed E-state index contributed by atoms with van der Waals surface area (Å²) in [5.41, 5.74) is 4.57. The quantitative estimate of drug-likeness (QED) is 0.869. The summed E-state index contributed by atoms with van der Waals surface area (Å²) in [5, 5.41) is 3.86. The van der Waals surface area contributed by atoms with E-state index in [1.807, 2.05) is 0 Å². The van der Waals surface area contributed by atoms with Gasteiger partial charge in [-0.2, -0.15) is 0 Å². The van der Waals surface area contributed by atoms with E-state index in [4.69, 9.17) is 0 Å². The molecule has 21 heavy (non-hydrogen) atoms. The minimum Gasteiger partial charge on any atom is -0.311 e. The van der Waals surface area contributed by atoms with E-state index in [9.17, 15) is 0 Å². The molecule has 0 amide bonds. The van der Waals surface area contributed by atoms with Gasteiger partial charge in [-0.3, -0.25) is 0 Å². The SMILES string of the molecule is Brc1ccc(C2CC(NC3Cc4ccccc4C3)C2)cc1. The first-order chi connectivity index (χ1) is 10.3. The highest BCUT2D eigenvalue weighted by molar-refractivity contribution is 9.10. The third-order valence-electron chi connectivity index (χ3n) is 5.00. The second kappa shape index (κ2) is 5.58. The summed E-state index contributed by atoms with van der Waals surface area (Å²) in [6.07, 6.45) is 4.98. The van der Waals surface area contributed by atoms with Crippen LogP contribution < -0.4 is 5.32 Å². The lowest BCUT2D eigenvalue weighted by Gasteiger charge is -2.38. The van der Waals surface area contributed by atoms with Crippen molar-refractivity contribution in [3.05, 3.63) is 69.7 Å². The van der Waals surface area contributed by atoms with Gasteiger partial charge in [0.05, 0.1) is 0 Å². The van der Waals surface area contributed by atoms with E-state index in [1.54, 1.807) is 11.1 Å². The molecule has 1 N–H and O–H groups in total. The normalized spacial score (nSPS) is 24.6. The van der Waals surface area contributed by atoms with Crippen molar-refractivity contribution in [3.63, 3.8) is 0 Å². The van der Waals surface area contributed by atoms with Gasteiger partial charge < -0.3 is 5.32 Å². The molecule has 108 valence electrons. The van der Waals surface area contributed by atoms with Crippen molar-refractivity contribution in [1.29, 1.82) is 0 Å². The Morgan fingerprint density at radius 2 is 1.43 bits per heavy atom. The summed E-state index contributed by atoms with van der Waals surface area (Å²) < 4.78 is 1.17. The fourth-order valence-electron chi connectivity index (χ4n) is 3.77. The van der Waals surface area contributed by atoms with E-state index in [0.29, 0.717) is 12.1 Å². The van der Waals surface area contributed by atoms with Gasteiger partial charge in [-0.15, -0.1) is 0 Å². The topological polar surface area (TPSA) is 12.0 Å². The highest BCUT2D eigenvalue weighted by atomic mass is 79.9. The van der Waals surface area contributed by atoms with Crippen LogP contribution in [0.25, 0.3) is 0 Å². The maximum Gasteiger partial charge on any atom is 0.0175 e. The Kier molecular flexibility index (Phi) is 3.60.